The second-order valence-corrected chi connectivity index (χ2v) is 6.00. The summed E-state index contributed by atoms with van der Waals surface area (Å²) in [6.07, 6.45) is 6.89. The zero-order chi connectivity index (χ0) is 17.5. The van der Waals surface area contributed by atoms with E-state index >= 15 is 0 Å². The van der Waals surface area contributed by atoms with E-state index in [1.54, 1.807) is 24.2 Å². The van der Waals surface area contributed by atoms with Crippen LogP contribution in [0.4, 0.5) is 10.5 Å². The van der Waals surface area contributed by atoms with Crippen LogP contribution in [0.2, 0.25) is 0 Å². The van der Waals surface area contributed by atoms with Gasteiger partial charge in [0.05, 0.1) is 31.6 Å². The van der Waals surface area contributed by atoms with Crippen LogP contribution in [-0.4, -0.2) is 42.7 Å². The lowest BCUT2D eigenvalue weighted by Crippen LogP contribution is -2.32. The third kappa shape index (κ3) is 4.96. The number of nitrogens with zero attached hydrogens (tertiary/aromatic N) is 2. The topological polar surface area (TPSA) is 77.4 Å². The molecule has 0 atom stereocenters. The van der Waals surface area contributed by atoms with E-state index in [0.29, 0.717) is 32.0 Å². The lowest BCUT2D eigenvalue weighted by Gasteiger charge is -2.09. The van der Waals surface area contributed by atoms with Crippen molar-refractivity contribution in [1.29, 1.82) is 0 Å². The number of rotatable bonds is 8. The molecule has 0 saturated heterocycles. The van der Waals surface area contributed by atoms with Crippen molar-refractivity contribution in [1.82, 2.24) is 15.1 Å². The highest BCUT2D eigenvalue weighted by atomic mass is 16.5. The Morgan fingerprint density at radius 3 is 3.04 bits per heavy atom. The quantitative estimate of drug-likeness (QED) is 0.720. The number of nitrogens with one attached hydrogen (secondary N) is 2. The third-order valence-corrected chi connectivity index (χ3v) is 4.14. The molecule has 1 heterocycles. The van der Waals surface area contributed by atoms with Crippen LogP contribution in [-0.2, 0) is 24.1 Å². The third-order valence-electron chi connectivity index (χ3n) is 4.14. The maximum atomic E-state index is 11.9. The first-order valence-electron chi connectivity index (χ1n) is 8.55. The van der Waals surface area contributed by atoms with Gasteiger partial charge in [0.2, 0.25) is 0 Å². The first-order valence-corrected chi connectivity index (χ1v) is 8.55. The number of urea groups is 1. The molecule has 3 rings (SSSR count). The molecule has 2 amide bonds. The van der Waals surface area contributed by atoms with Gasteiger partial charge in [-0.05, 0) is 42.5 Å². The van der Waals surface area contributed by atoms with E-state index in [0.717, 1.165) is 12.2 Å². The molecule has 2 aromatic rings. The Morgan fingerprint density at radius 1 is 1.28 bits per heavy atom. The molecule has 134 valence electrons. The number of hydrogen-bond acceptors (Lipinski definition) is 4. The molecule has 2 N–H and O–H groups in total. The van der Waals surface area contributed by atoms with Crippen molar-refractivity contribution in [2.45, 2.75) is 25.8 Å². The lowest BCUT2D eigenvalue weighted by atomic mass is 10.1. The first kappa shape index (κ1) is 17.3. The molecular weight excluding hydrogens is 320 g/mol. The summed E-state index contributed by atoms with van der Waals surface area (Å²) in [7, 11) is 1.64. The van der Waals surface area contributed by atoms with E-state index in [4.69, 9.17) is 9.47 Å². The number of fused-ring (bicyclic) bond motifs is 1. The molecule has 0 bridgehead atoms. The molecule has 0 saturated carbocycles. The number of anilines is 1. The van der Waals surface area contributed by atoms with Gasteiger partial charge in [-0.15, -0.1) is 0 Å². The minimum atomic E-state index is -0.274. The van der Waals surface area contributed by atoms with Gasteiger partial charge in [-0.1, -0.05) is 6.07 Å². The SMILES string of the molecule is COCCn1cc(NC(=O)NCCOc2ccc3c(c2)CCC3)cn1. The summed E-state index contributed by atoms with van der Waals surface area (Å²) in [6.45, 7) is 2.09. The molecule has 7 nitrogen and oxygen atoms in total. The van der Waals surface area contributed by atoms with Crippen molar-refractivity contribution in [2.24, 2.45) is 0 Å². The summed E-state index contributed by atoms with van der Waals surface area (Å²) in [6, 6.07) is 5.97. The number of carbonyl (C=O) groups is 1. The Kier molecular flexibility index (Phi) is 5.90. The summed E-state index contributed by atoms with van der Waals surface area (Å²) in [4.78, 5) is 11.9. The van der Waals surface area contributed by atoms with Crippen LogP contribution >= 0.6 is 0 Å². The molecule has 0 fully saturated rings. The van der Waals surface area contributed by atoms with Crippen LogP contribution in [0.25, 0.3) is 0 Å². The standard InChI is InChI=1S/C18H24N4O3/c1-24-10-8-22-13-16(12-20-22)21-18(23)19-7-9-25-17-6-5-14-3-2-4-15(14)11-17/h5-6,11-13H,2-4,7-10H2,1H3,(H2,19,21,23). The predicted octanol–water partition coefficient (Wildman–Crippen LogP) is 2.22. The van der Waals surface area contributed by atoms with Crippen LogP contribution in [0.1, 0.15) is 17.5 Å². The van der Waals surface area contributed by atoms with Gasteiger partial charge in [-0.2, -0.15) is 5.10 Å². The second-order valence-electron chi connectivity index (χ2n) is 6.00. The van der Waals surface area contributed by atoms with Crippen LogP contribution in [0.5, 0.6) is 5.75 Å². The Labute approximate surface area is 147 Å². The van der Waals surface area contributed by atoms with Gasteiger partial charge in [0, 0.05) is 13.3 Å². The highest BCUT2D eigenvalue weighted by Gasteiger charge is 2.11. The van der Waals surface area contributed by atoms with Crippen LogP contribution in [0, 0.1) is 0 Å². The van der Waals surface area contributed by atoms with Crippen LogP contribution < -0.4 is 15.4 Å². The van der Waals surface area contributed by atoms with Crippen molar-refractivity contribution in [3.8, 4) is 5.75 Å². The maximum Gasteiger partial charge on any atom is 0.319 e. The number of aryl methyl sites for hydroxylation is 2. The molecule has 1 aromatic heterocycles. The Balaban J connectivity index is 1.36. The van der Waals surface area contributed by atoms with E-state index in [1.807, 2.05) is 6.07 Å². The van der Waals surface area contributed by atoms with Crippen molar-refractivity contribution in [3.63, 3.8) is 0 Å². The molecular formula is C18H24N4O3. The highest BCUT2D eigenvalue weighted by Crippen LogP contribution is 2.25. The molecule has 0 unspecified atom stereocenters. The average molecular weight is 344 g/mol. The number of amides is 2. The van der Waals surface area contributed by atoms with Crippen molar-refractivity contribution in [3.05, 3.63) is 41.7 Å². The van der Waals surface area contributed by atoms with Gasteiger partial charge in [-0.25, -0.2) is 4.79 Å². The molecule has 0 aliphatic heterocycles. The number of aromatic nitrogens is 2. The van der Waals surface area contributed by atoms with Gasteiger partial charge in [0.25, 0.3) is 0 Å². The fraction of sp³-hybridized carbons (Fsp3) is 0.444. The van der Waals surface area contributed by atoms with Gasteiger partial charge < -0.3 is 20.1 Å². The average Bonchev–Trinajstić information content (AvgIpc) is 3.25. The Morgan fingerprint density at radius 2 is 2.16 bits per heavy atom. The van der Waals surface area contributed by atoms with Gasteiger partial charge >= 0.3 is 6.03 Å². The Hall–Kier alpha value is -2.54. The summed E-state index contributed by atoms with van der Waals surface area (Å²) in [5, 5.41) is 9.65. The van der Waals surface area contributed by atoms with Gasteiger partial charge in [-0.3, -0.25) is 4.68 Å². The summed E-state index contributed by atoms with van der Waals surface area (Å²) >= 11 is 0. The van der Waals surface area contributed by atoms with E-state index in [-0.39, 0.29) is 6.03 Å². The minimum absolute atomic E-state index is 0.274. The fourth-order valence-electron chi connectivity index (χ4n) is 2.88. The zero-order valence-corrected chi connectivity index (χ0v) is 14.5. The van der Waals surface area contributed by atoms with Crippen molar-refractivity contribution >= 4 is 11.7 Å². The van der Waals surface area contributed by atoms with E-state index in [9.17, 15) is 4.79 Å². The molecule has 0 radical (unpaired) electrons. The summed E-state index contributed by atoms with van der Waals surface area (Å²) in [5.41, 5.74) is 3.46. The number of hydrogen-bond donors (Lipinski definition) is 2. The van der Waals surface area contributed by atoms with E-state index < -0.39 is 0 Å². The predicted molar refractivity (Wildman–Crippen MR) is 95.1 cm³/mol. The van der Waals surface area contributed by atoms with E-state index in [2.05, 4.69) is 27.9 Å². The van der Waals surface area contributed by atoms with Gasteiger partial charge in [0.1, 0.15) is 12.4 Å². The highest BCUT2D eigenvalue weighted by molar-refractivity contribution is 5.88. The second kappa shape index (κ2) is 8.53. The monoisotopic (exact) mass is 344 g/mol. The maximum absolute atomic E-state index is 11.9. The molecule has 0 spiro atoms. The summed E-state index contributed by atoms with van der Waals surface area (Å²) < 4.78 is 12.4. The van der Waals surface area contributed by atoms with E-state index in [1.165, 1.54) is 24.0 Å². The van der Waals surface area contributed by atoms with Crippen molar-refractivity contribution in [2.75, 3.05) is 32.2 Å². The largest absolute Gasteiger partial charge is 0.492 e. The molecule has 25 heavy (non-hydrogen) atoms. The normalized spacial score (nSPS) is 12.7. The number of benzene rings is 1. The number of ether oxygens (including phenoxy) is 2. The fourth-order valence-corrected chi connectivity index (χ4v) is 2.88. The molecule has 1 aliphatic rings. The smallest absolute Gasteiger partial charge is 0.319 e. The van der Waals surface area contributed by atoms with Gasteiger partial charge in [0.15, 0.2) is 0 Å². The zero-order valence-electron chi connectivity index (χ0n) is 14.5. The minimum Gasteiger partial charge on any atom is -0.492 e. The summed E-state index contributed by atoms with van der Waals surface area (Å²) in [5.74, 6) is 0.863. The number of methoxy groups -OCH3 is 1. The Bertz CT molecular complexity index is 714. The number of carbonyl (C=O) groups excluding carboxylic acids is 1. The lowest BCUT2D eigenvalue weighted by molar-refractivity contribution is 0.183. The molecule has 1 aliphatic carbocycles. The van der Waals surface area contributed by atoms with Crippen LogP contribution in [0.15, 0.2) is 30.6 Å². The first-order chi connectivity index (χ1) is 12.2. The van der Waals surface area contributed by atoms with Crippen LogP contribution in [0.3, 0.4) is 0 Å². The van der Waals surface area contributed by atoms with Crippen molar-refractivity contribution < 1.29 is 14.3 Å². The molecule has 7 heteroatoms. The molecule has 1 aromatic carbocycles.